The summed E-state index contributed by atoms with van der Waals surface area (Å²) in [5.41, 5.74) is 2.67. The fourth-order valence-corrected chi connectivity index (χ4v) is 1.36. The van der Waals surface area contributed by atoms with E-state index < -0.39 is 0 Å². The van der Waals surface area contributed by atoms with E-state index in [2.05, 4.69) is 44.3 Å². The first-order valence-electron chi connectivity index (χ1n) is 4.88. The van der Waals surface area contributed by atoms with Crippen LogP contribution >= 0.6 is 0 Å². The van der Waals surface area contributed by atoms with Crippen molar-refractivity contribution in [3.05, 3.63) is 61.0 Å². The van der Waals surface area contributed by atoms with Gasteiger partial charge >= 0.3 is 0 Å². The van der Waals surface area contributed by atoms with Gasteiger partial charge < -0.3 is 4.90 Å². The van der Waals surface area contributed by atoms with Crippen LogP contribution in [-0.4, -0.2) is 4.90 Å². The molecule has 1 heteroatoms. The molecule has 0 bridgehead atoms. The van der Waals surface area contributed by atoms with E-state index in [9.17, 15) is 0 Å². The molecule has 1 rings (SSSR count). The molecule has 0 radical (unpaired) electrons. The van der Waals surface area contributed by atoms with Gasteiger partial charge in [0.15, 0.2) is 0 Å². The second-order valence-corrected chi connectivity index (χ2v) is 3.21. The summed E-state index contributed by atoms with van der Waals surface area (Å²) in [6.45, 7) is 10.5. The van der Waals surface area contributed by atoms with Gasteiger partial charge in [-0.25, -0.2) is 0 Å². The van der Waals surface area contributed by atoms with E-state index in [-0.39, 0.29) is 0 Å². The molecule has 0 saturated heterocycles. The molecule has 0 aliphatic rings. The van der Waals surface area contributed by atoms with Crippen molar-refractivity contribution in [2.45, 2.75) is 19.9 Å². The van der Waals surface area contributed by atoms with Gasteiger partial charge in [-0.15, -0.1) is 0 Å². The number of hydrogen-bond donors (Lipinski definition) is 0. The molecule has 1 nitrogen and oxygen atoms in total. The zero-order valence-electron chi connectivity index (χ0n) is 8.74. The normalized spacial score (nSPS) is 9.50. The third-order valence-corrected chi connectivity index (χ3v) is 2.23. The highest BCUT2D eigenvalue weighted by molar-refractivity contribution is 5.23. The molecular formula is C13H17N. The summed E-state index contributed by atoms with van der Waals surface area (Å²) in [6.07, 6.45) is 4.65. The number of benzene rings is 1. The molecule has 0 aliphatic heterocycles. The minimum absolute atomic E-state index is 0.848. The van der Waals surface area contributed by atoms with Crippen LogP contribution in [0, 0.1) is 0 Å². The molecule has 0 heterocycles. The van der Waals surface area contributed by atoms with Crippen LogP contribution in [0.1, 0.15) is 18.1 Å². The van der Waals surface area contributed by atoms with Crippen molar-refractivity contribution in [3.63, 3.8) is 0 Å². The van der Waals surface area contributed by atoms with Crippen molar-refractivity contribution in [2.24, 2.45) is 0 Å². The van der Waals surface area contributed by atoms with E-state index in [1.807, 2.05) is 4.90 Å². The van der Waals surface area contributed by atoms with Gasteiger partial charge in [-0.1, -0.05) is 44.3 Å². The molecule has 0 fully saturated rings. The van der Waals surface area contributed by atoms with Crippen molar-refractivity contribution >= 4 is 0 Å². The smallest absolute Gasteiger partial charge is 0.0469 e. The van der Waals surface area contributed by atoms with Gasteiger partial charge in [-0.3, -0.25) is 0 Å². The molecule has 14 heavy (non-hydrogen) atoms. The zero-order valence-corrected chi connectivity index (χ0v) is 8.74. The van der Waals surface area contributed by atoms with E-state index in [1.165, 1.54) is 11.1 Å². The average molecular weight is 187 g/mol. The summed E-state index contributed by atoms with van der Waals surface area (Å²) in [7, 11) is 0. The van der Waals surface area contributed by atoms with E-state index >= 15 is 0 Å². The summed E-state index contributed by atoms with van der Waals surface area (Å²) in [4.78, 5) is 1.97. The standard InChI is InChI=1S/C13H17N/c1-4-12-8-7-9-13(10-12)11-14(5-2)6-3/h5-10H,2-4,11H2,1H3. The van der Waals surface area contributed by atoms with Crippen molar-refractivity contribution in [1.29, 1.82) is 0 Å². The minimum Gasteiger partial charge on any atom is -0.351 e. The van der Waals surface area contributed by atoms with E-state index in [0.29, 0.717) is 0 Å². The lowest BCUT2D eigenvalue weighted by Gasteiger charge is -2.14. The van der Waals surface area contributed by atoms with Crippen LogP contribution in [0.4, 0.5) is 0 Å². The van der Waals surface area contributed by atoms with Gasteiger partial charge in [-0.05, 0) is 29.9 Å². The zero-order chi connectivity index (χ0) is 10.4. The Morgan fingerprint density at radius 3 is 2.43 bits per heavy atom. The number of nitrogens with zero attached hydrogens (tertiary/aromatic N) is 1. The monoisotopic (exact) mass is 187 g/mol. The molecule has 0 aromatic heterocycles. The highest BCUT2D eigenvalue weighted by atomic mass is 15.1. The third-order valence-electron chi connectivity index (χ3n) is 2.23. The predicted octanol–water partition coefficient (Wildman–Crippen LogP) is 3.34. The van der Waals surface area contributed by atoms with Gasteiger partial charge in [0.1, 0.15) is 0 Å². The Kier molecular flexibility index (Phi) is 3.99. The quantitative estimate of drug-likeness (QED) is 0.683. The summed E-state index contributed by atoms with van der Waals surface area (Å²) in [5, 5.41) is 0. The molecule has 0 aliphatic carbocycles. The second kappa shape index (κ2) is 5.28. The Labute approximate surface area is 86.4 Å². The molecule has 0 saturated carbocycles. The Morgan fingerprint density at radius 1 is 1.21 bits per heavy atom. The Balaban J connectivity index is 2.75. The van der Waals surface area contributed by atoms with Gasteiger partial charge in [0.2, 0.25) is 0 Å². The van der Waals surface area contributed by atoms with Gasteiger partial charge in [0.25, 0.3) is 0 Å². The molecule has 0 unspecified atom stereocenters. The first-order chi connectivity index (χ1) is 6.80. The molecule has 0 N–H and O–H groups in total. The lowest BCUT2D eigenvalue weighted by atomic mass is 10.1. The first kappa shape index (κ1) is 10.6. The molecule has 1 aromatic carbocycles. The van der Waals surface area contributed by atoms with Crippen LogP contribution < -0.4 is 0 Å². The van der Waals surface area contributed by atoms with Crippen LogP contribution in [0.5, 0.6) is 0 Å². The molecule has 0 atom stereocenters. The lowest BCUT2D eigenvalue weighted by molar-refractivity contribution is 0.504. The molecule has 0 spiro atoms. The van der Waals surface area contributed by atoms with E-state index in [1.54, 1.807) is 12.4 Å². The van der Waals surface area contributed by atoms with Crippen LogP contribution in [0.3, 0.4) is 0 Å². The maximum absolute atomic E-state index is 3.73. The summed E-state index contributed by atoms with van der Waals surface area (Å²) in [5.74, 6) is 0. The SMILES string of the molecule is C=CN(C=C)Cc1cccc(CC)c1. The highest BCUT2D eigenvalue weighted by Crippen LogP contribution is 2.09. The minimum atomic E-state index is 0.848. The summed E-state index contributed by atoms with van der Waals surface area (Å²) >= 11 is 0. The number of aryl methyl sites for hydroxylation is 1. The average Bonchev–Trinajstić information content (AvgIpc) is 2.26. The summed E-state index contributed by atoms with van der Waals surface area (Å²) in [6, 6.07) is 8.59. The Morgan fingerprint density at radius 2 is 1.86 bits per heavy atom. The maximum Gasteiger partial charge on any atom is 0.0469 e. The van der Waals surface area contributed by atoms with Crippen LogP contribution in [0.15, 0.2) is 49.8 Å². The first-order valence-corrected chi connectivity index (χ1v) is 4.88. The van der Waals surface area contributed by atoms with Crippen molar-refractivity contribution < 1.29 is 0 Å². The van der Waals surface area contributed by atoms with Crippen LogP contribution in [-0.2, 0) is 13.0 Å². The Bertz CT molecular complexity index is 307. The van der Waals surface area contributed by atoms with Gasteiger partial charge in [-0.2, -0.15) is 0 Å². The predicted molar refractivity (Wildman–Crippen MR) is 61.8 cm³/mol. The van der Waals surface area contributed by atoms with Crippen molar-refractivity contribution in [1.82, 2.24) is 4.90 Å². The van der Waals surface area contributed by atoms with Crippen molar-refractivity contribution in [2.75, 3.05) is 0 Å². The van der Waals surface area contributed by atoms with E-state index in [4.69, 9.17) is 0 Å². The lowest BCUT2D eigenvalue weighted by Crippen LogP contribution is -2.07. The van der Waals surface area contributed by atoms with Crippen LogP contribution in [0.2, 0.25) is 0 Å². The topological polar surface area (TPSA) is 3.24 Å². The van der Waals surface area contributed by atoms with Gasteiger partial charge in [0, 0.05) is 6.54 Å². The largest absolute Gasteiger partial charge is 0.351 e. The van der Waals surface area contributed by atoms with Crippen LogP contribution in [0.25, 0.3) is 0 Å². The molecule has 0 amide bonds. The fourth-order valence-electron chi connectivity index (χ4n) is 1.36. The third kappa shape index (κ3) is 2.77. The summed E-state index contributed by atoms with van der Waals surface area (Å²) < 4.78 is 0. The number of hydrogen-bond acceptors (Lipinski definition) is 1. The second-order valence-electron chi connectivity index (χ2n) is 3.21. The molecule has 1 aromatic rings. The fraction of sp³-hybridized carbons (Fsp3) is 0.231. The van der Waals surface area contributed by atoms with Gasteiger partial charge in [0.05, 0.1) is 0 Å². The maximum atomic E-state index is 3.73. The molecule has 74 valence electrons. The van der Waals surface area contributed by atoms with Crippen molar-refractivity contribution in [3.8, 4) is 0 Å². The van der Waals surface area contributed by atoms with E-state index in [0.717, 1.165) is 13.0 Å². The molecular weight excluding hydrogens is 170 g/mol. The Hall–Kier alpha value is -1.50. The number of rotatable bonds is 5. The highest BCUT2D eigenvalue weighted by Gasteiger charge is 1.97.